The van der Waals surface area contributed by atoms with Crippen molar-refractivity contribution in [2.45, 2.75) is 11.8 Å². The molecule has 2 rings (SSSR count). The molecule has 0 fully saturated rings. The molecular formula is C13H13N4NaO4S. The maximum atomic E-state index is 12.3. The minimum absolute atomic E-state index is 0. The first-order valence-electron chi connectivity index (χ1n) is 6.12. The molecule has 0 aliphatic carbocycles. The van der Waals surface area contributed by atoms with E-state index < -0.39 is 10.0 Å². The quantitative estimate of drug-likeness (QED) is 0.685. The molecule has 0 unspecified atom stereocenters. The predicted octanol–water partition coefficient (Wildman–Crippen LogP) is -1.16. The molecule has 0 radical (unpaired) electrons. The number of nitrogens with one attached hydrogen (secondary N) is 1. The Bertz CT molecular complexity index is 781. The maximum absolute atomic E-state index is 12.3. The van der Waals surface area contributed by atoms with Crippen molar-refractivity contribution < 1.29 is 47.5 Å². The number of sulfonamides is 1. The molecule has 1 aromatic carbocycles. The summed E-state index contributed by atoms with van der Waals surface area (Å²) in [5.41, 5.74) is 0.378. The van der Waals surface area contributed by atoms with E-state index in [2.05, 4.69) is 20.0 Å². The summed E-state index contributed by atoms with van der Waals surface area (Å²) in [6.45, 7) is 1.31. The zero-order valence-electron chi connectivity index (χ0n) is 12.8. The van der Waals surface area contributed by atoms with Gasteiger partial charge in [0.2, 0.25) is 5.82 Å². The minimum Gasteiger partial charge on any atom is -0.627 e. The fourth-order valence-electron chi connectivity index (χ4n) is 1.61. The first kappa shape index (κ1) is 19.4. The first-order valence-corrected chi connectivity index (χ1v) is 7.61. The van der Waals surface area contributed by atoms with Crippen molar-refractivity contribution in [3.05, 3.63) is 42.0 Å². The third-order valence-electron chi connectivity index (χ3n) is 2.52. The molecule has 0 saturated heterocycles. The van der Waals surface area contributed by atoms with E-state index in [1.807, 2.05) is 0 Å². The van der Waals surface area contributed by atoms with Crippen LogP contribution in [0.15, 0.2) is 41.6 Å². The summed E-state index contributed by atoms with van der Waals surface area (Å²) < 4.78 is 31.8. The van der Waals surface area contributed by atoms with Crippen molar-refractivity contribution in [3.8, 4) is 5.88 Å². The number of benzene rings is 1. The summed E-state index contributed by atoms with van der Waals surface area (Å²) in [6.07, 6.45) is 2.73. The Balaban J connectivity index is 0.00000264. The van der Waals surface area contributed by atoms with Crippen LogP contribution >= 0.6 is 0 Å². The van der Waals surface area contributed by atoms with Crippen LogP contribution < -0.4 is 39.0 Å². The van der Waals surface area contributed by atoms with Gasteiger partial charge in [0.25, 0.3) is 15.9 Å². The molecule has 2 aromatic rings. The number of carbonyl (C=O) groups excluding carboxylic acids is 1. The Labute approximate surface area is 156 Å². The van der Waals surface area contributed by atoms with E-state index in [1.165, 1.54) is 50.7 Å². The van der Waals surface area contributed by atoms with E-state index in [0.717, 1.165) is 0 Å². The number of hydrogen-bond donors (Lipinski definition) is 1. The van der Waals surface area contributed by atoms with Crippen LogP contribution in [-0.4, -0.2) is 31.4 Å². The predicted molar refractivity (Wildman–Crippen MR) is 79.5 cm³/mol. The maximum Gasteiger partial charge on any atom is 1.00 e. The van der Waals surface area contributed by atoms with Gasteiger partial charge in [0.05, 0.1) is 17.9 Å². The molecule has 1 amide bonds. The first-order chi connectivity index (χ1) is 10.4. The Morgan fingerprint density at radius 1 is 1.17 bits per heavy atom. The van der Waals surface area contributed by atoms with Gasteiger partial charge in [-0.25, -0.2) is 18.4 Å². The number of hydrogen-bond acceptors (Lipinski definition) is 6. The van der Waals surface area contributed by atoms with Gasteiger partial charge in [0.15, 0.2) is 0 Å². The SMILES string of the molecule is COc1nccnc1NS(=O)(=O)c1ccc([N-]C(C)=O)cc1.[Na+]. The molecule has 0 spiro atoms. The van der Waals surface area contributed by atoms with Gasteiger partial charge in [0, 0.05) is 12.4 Å². The number of aromatic nitrogens is 2. The summed E-state index contributed by atoms with van der Waals surface area (Å²) in [4.78, 5) is 18.6. The van der Waals surface area contributed by atoms with Crippen LogP contribution in [0, 0.1) is 0 Å². The van der Waals surface area contributed by atoms with Crippen LogP contribution in [0.5, 0.6) is 5.88 Å². The molecule has 10 heteroatoms. The van der Waals surface area contributed by atoms with Gasteiger partial charge in [0.1, 0.15) is 0 Å². The standard InChI is InChI=1S/C13H14N4O4S.Na/c1-9(18)16-10-3-5-11(6-4-10)22(19,20)17-12-13(21-2)15-8-7-14-12;/h3-8H,1-2H3,(H2,14,16,17,18);/q;+1/p-1. The zero-order chi connectivity index (χ0) is 16.2. The van der Waals surface area contributed by atoms with Gasteiger partial charge < -0.3 is 14.8 Å². The normalized spacial score (nSPS) is 10.3. The second kappa shape index (κ2) is 8.25. The van der Waals surface area contributed by atoms with Gasteiger partial charge in [-0.3, -0.25) is 4.72 Å². The average molecular weight is 344 g/mol. The number of ether oxygens (including phenoxy) is 1. The van der Waals surface area contributed by atoms with Gasteiger partial charge in [-0.15, -0.1) is 5.69 Å². The Morgan fingerprint density at radius 2 is 1.78 bits per heavy atom. The smallest absolute Gasteiger partial charge is 0.627 e. The number of rotatable bonds is 5. The molecule has 0 aliphatic rings. The van der Waals surface area contributed by atoms with E-state index in [0.29, 0.717) is 5.69 Å². The second-order valence-corrected chi connectivity index (χ2v) is 5.83. The molecule has 0 saturated carbocycles. The second-order valence-electron chi connectivity index (χ2n) is 4.14. The fourth-order valence-corrected chi connectivity index (χ4v) is 2.62. The van der Waals surface area contributed by atoms with Gasteiger partial charge in [-0.2, -0.15) is 0 Å². The van der Waals surface area contributed by atoms with Crippen LogP contribution in [0.2, 0.25) is 0 Å². The average Bonchev–Trinajstić information content (AvgIpc) is 2.47. The van der Waals surface area contributed by atoms with Gasteiger partial charge >= 0.3 is 29.6 Å². The van der Waals surface area contributed by atoms with Crippen molar-refractivity contribution in [1.29, 1.82) is 0 Å². The van der Waals surface area contributed by atoms with Crippen LogP contribution in [0.4, 0.5) is 11.5 Å². The van der Waals surface area contributed by atoms with Gasteiger partial charge in [-0.05, 0) is 19.1 Å². The summed E-state index contributed by atoms with van der Waals surface area (Å²) in [5, 5.41) is 3.70. The molecule has 116 valence electrons. The van der Waals surface area contributed by atoms with Crippen molar-refractivity contribution in [2.75, 3.05) is 11.8 Å². The number of nitrogens with zero attached hydrogens (tertiary/aromatic N) is 3. The topological polar surface area (TPSA) is 112 Å². The van der Waals surface area contributed by atoms with Gasteiger partial charge in [-0.1, -0.05) is 12.1 Å². The molecule has 0 bridgehead atoms. The van der Waals surface area contributed by atoms with Crippen molar-refractivity contribution >= 4 is 27.4 Å². The fraction of sp³-hybridized carbons (Fsp3) is 0.154. The third-order valence-corrected chi connectivity index (χ3v) is 3.88. The van der Waals surface area contributed by atoms with Crippen LogP contribution in [-0.2, 0) is 14.8 Å². The minimum atomic E-state index is -3.85. The number of methoxy groups -OCH3 is 1. The summed E-state index contributed by atoms with van der Waals surface area (Å²) >= 11 is 0. The third kappa shape index (κ3) is 5.17. The Morgan fingerprint density at radius 3 is 2.35 bits per heavy atom. The molecule has 1 N–H and O–H groups in total. The zero-order valence-corrected chi connectivity index (χ0v) is 15.7. The molecular weight excluding hydrogens is 331 g/mol. The van der Waals surface area contributed by atoms with Crippen LogP contribution in [0.1, 0.15) is 6.92 Å². The van der Waals surface area contributed by atoms with Crippen LogP contribution in [0.3, 0.4) is 0 Å². The van der Waals surface area contributed by atoms with E-state index >= 15 is 0 Å². The molecule has 1 heterocycles. The van der Waals surface area contributed by atoms with Crippen LogP contribution in [0.25, 0.3) is 5.32 Å². The van der Waals surface area contributed by atoms with E-state index in [-0.39, 0.29) is 52.1 Å². The summed E-state index contributed by atoms with van der Waals surface area (Å²) in [5.74, 6) is -0.310. The molecule has 1 aromatic heterocycles. The monoisotopic (exact) mass is 344 g/mol. The molecule has 8 nitrogen and oxygen atoms in total. The van der Waals surface area contributed by atoms with Crippen molar-refractivity contribution in [2.24, 2.45) is 0 Å². The molecule has 23 heavy (non-hydrogen) atoms. The Kier molecular flexibility index (Phi) is 6.95. The molecule has 0 atom stereocenters. The molecule has 0 aliphatic heterocycles. The van der Waals surface area contributed by atoms with E-state index in [9.17, 15) is 13.2 Å². The van der Waals surface area contributed by atoms with E-state index in [4.69, 9.17) is 4.74 Å². The Hall–Kier alpha value is -1.68. The summed E-state index contributed by atoms with van der Waals surface area (Å²) in [7, 11) is -2.49. The van der Waals surface area contributed by atoms with Crippen molar-refractivity contribution in [3.63, 3.8) is 0 Å². The number of carbonyl (C=O) groups is 1. The summed E-state index contributed by atoms with van der Waals surface area (Å²) in [6, 6.07) is 5.55. The number of amides is 1. The van der Waals surface area contributed by atoms with E-state index in [1.54, 1.807) is 0 Å². The van der Waals surface area contributed by atoms with Crippen molar-refractivity contribution in [1.82, 2.24) is 9.97 Å². The number of anilines is 1. The largest absolute Gasteiger partial charge is 1.00 e.